The zero-order chi connectivity index (χ0) is 42.4. The van der Waals surface area contributed by atoms with Crippen molar-refractivity contribution in [2.75, 3.05) is 0 Å². The van der Waals surface area contributed by atoms with Crippen LogP contribution in [0.3, 0.4) is 0 Å². The molecule has 0 spiro atoms. The predicted molar refractivity (Wildman–Crippen MR) is 190 cm³/mol. The molecule has 2 aliphatic rings. The molecule has 1 aromatic heterocycles. The second kappa shape index (κ2) is 15.7. The van der Waals surface area contributed by atoms with E-state index >= 15 is 0 Å². The van der Waals surface area contributed by atoms with Crippen LogP contribution < -0.4 is 0 Å². The molecule has 0 saturated heterocycles. The fourth-order valence-electron chi connectivity index (χ4n) is 5.82. The van der Waals surface area contributed by atoms with Gasteiger partial charge in [0.1, 0.15) is 30.6 Å². The number of alkyl halides is 6. The minimum absolute atomic E-state index is 0.0597. The summed E-state index contributed by atoms with van der Waals surface area (Å²) in [5.41, 5.74) is -6.62. The van der Waals surface area contributed by atoms with Crippen molar-refractivity contribution in [3.05, 3.63) is 144 Å². The minimum Gasteiger partial charge on any atom is -0.374 e. The molecule has 0 aliphatic carbocycles. The highest BCUT2D eigenvalue weighted by molar-refractivity contribution is 6.35. The van der Waals surface area contributed by atoms with Gasteiger partial charge in [-0.15, -0.1) is 0 Å². The molecule has 5 aromatic rings. The van der Waals surface area contributed by atoms with Crippen LogP contribution in [0, 0.1) is 40.1 Å². The molecule has 0 fully saturated rings. The number of nitriles is 2. The van der Waals surface area contributed by atoms with Gasteiger partial charge in [0.25, 0.3) is 11.2 Å². The number of oxime groups is 2. The molecule has 2 aliphatic heterocycles. The molecule has 3 heterocycles. The lowest BCUT2D eigenvalue weighted by atomic mass is 9.86. The third-order valence-corrected chi connectivity index (χ3v) is 9.91. The molecule has 0 radical (unpaired) electrons. The maximum Gasteiger partial charge on any atom is 0.435 e. The number of hydrogen-bond acceptors (Lipinski definition) is 8. The summed E-state index contributed by atoms with van der Waals surface area (Å²) in [7, 11) is 0. The van der Waals surface area contributed by atoms with Crippen molar-refractivity contribution in [3.63, 3.8) is 0 Å². The number of hydrogen-bond donors (Lipinski definition) is 0. The van der Waals surface area contributed by atoms with Gasteiger partial charge in [-0.2, -0.15) is 42.0 Å². The normalized spacial score (nSPS) is 18.9. The van der Waals surface area contributed by atoms with E-state index in [1.165, 1.54) is 41.6 Å². The highest BCUT2D eigenvalue weighted by Crippen LogP contribution is 2.51. The van der Waals surface area contributed by atoms with Crippen molar-refractivity contribution < 1.29 is 49.2 Å². The van der Waals surface area contributed by atoms with E-state index in [1.807, 2.05) is 6.07 Å². The second-order valence-electron chi connectivity index (χ2n) is 12.3. The Hall–Kier alpha value is -5.53. The number of nitrogens with zero attached hydrogens (tertiary/aromatic N) is 7. The zero-order valence-corrected chi connectivity index (χ0v) is 31.2. The highest BCUT2D eigenvalue weighted by atomic mass is 35.5. The van der Waals surface area contributed by atoms with Gasteiger partial charge in [0.2, 0.25) is 0 Å². The summed E-state index contributed by atoms with van der Waals surface area (Å²) in [6.45, 7) is 0. The summed E-state index contributed by atoms with van der Waals surface area (Å²) in [5, 5.41) is 27.0. The molecule has 2 atom stereocenters. The van der Waals surface area contributed by atoms with E-state index in [0.29, 0.717) is 5.69 Å². The average Bonchev–Trinajstić information content (AvgIpc) is 3.97. The van der Waals surface area contributed by atoms with Crippen molar-refractivity contribution in [2.24, 2.45) is 10.3 Å². The van der Waals surface area contributed by atoms with Gasteiger partial charge in [0, 0.05) is 35.1 Å². The number of halogens is 13. The fourth-order valence-corrected chi connectivity index (χ4v) is 6.80. The molecule has 2 unspecified atom stereocenters. The Morgan fingerprint density at radius 3 is 1.47 bits per heavy atom. The van der Waals surface area contributed by atoms with Crippen LogP contribution in [-0.4, -0.2) is 38.5 Å². The molecule has 0 bridgehead atoms. The second-order valence-corrected chi connectivity index (χ2v) is 13.9. The van der Waals surface area contributed by atoms with Crippen LogP contribution in [-0.2, 0) is 20.9 Å². The number of benzene rings is 4. The maximum atomic E-state index is 14.1. The monoisotopic (exact) mass is 889 g/mol. The smallest absolute Gasteiger partial charge is 0.374 e. The number of aromatic nitrogens is 3. The lowest BCUT2D eigenvalue weighted by molar-refractivity contribution is -0.276. The Balaban J connectivity index is 0.000000198. The molecule has 0 N–H and O–H groups in total. The van der Waals surface area contributed by atoms with E-state index in [1.54, 1.807) is 6.07 Å². The number of rotatable bonds is 5. The highest BCUT2D eigenvalue weighted by Gasteiger charge is 2.63. The van der Waals surface area contributed by atoms with Crippen molar-refractivity contribution in [1.29, 1.82) is 10.5 Å². The molecule has 4 aromatic carbocycles. The summed E-state index contributed by atoms with van der Waals surface area (Å²) in [6.07, 6.45) is -8.76. The first-order valence-electron chi connectivity index (χ1n) is 15.8. The minimum atomic E-state index is -4.96. The summed E-state index contributed by atoms with van der Waals surface area (Å²) in [4.78, 5) is 13.5. The molecule has 7 rings (SSSR count). The largest absolute Gasteiger partial charge is 0.435 e. The van der Waals surface area contributed by atoms with Crippen LogP contribution in [0.4, 0.5) is 39.5 Å². The quantitative estimate of drug-likeness (QED) is 0.128. The van der Waals surface area contributed by atoms with Gasteiger partial charge in [0.05, 0.1) is 48.3 Å². The SMILES string of the molecule is N#Cc1cc(C2=NOC(c3cc(Cl)c(F)c(Cl)c3)(C(F)(F)F)C2)ccc1-n1cncn1.N#Cc1cc(C2=NOC(c3cc(Cl)c(F)c(Cl)c3)(C(F)(F)F)C2)ccc1F. The van der Waals surface area contributed by atoms with Crippen LogP contribution in [0.5, 0.6) is 0 Å². The molecule has 58 heavy (non-hydrogen) atoms. The van der Waals surface area contributed by atoms with Crippen LogP contribution in [0.2, 0.25) is 20.1 Å². The van der Waals surface area contributed by atoms with Gasteiger partial charge in [0.15, 0.2) is 11.6 Å². The Kier molecular flexibility index (Phi) is 11.4. The lowest BCUT2D eigenvalue weighted by Crippen LogP contribution is -2.42. The van der Waals surface area contributed by atoms with Crippen molar-refractivity contribution in [2.45, 2.75) is 36.4 Å². The molecule has 0 saturated carbocycles. The van der Waals surface area contributed by atoms with Crippen molar-refractivity contribution in [3.8, 4) is 17.8 Å². The molecule has 298 valence electrons. The van der Waals surface area contributed by atoms with E-state index in [9.17, 15) is 44.8 Å². The van der Waals surface area contributed by atoms with Crippen LogP contribution >= 0.6 is 46.4 Å². The van der Waals surface area contributed by atoms with E-state index in [0.717, 1.165) is 36.4 Å². The van der Waals surface area contributed by atoms with Crippen LogP contribution in [0.1, 0.15) is 46.2 Å². The topological polar surface area (TPSA) is 121 Å². The maximum absolute atomic E-state index is 14.1. The molecular formula is C36H16Cl4F9N7O2. The predicted octanol–water partition coefficient (Wildman–Crippen LogP) is 10.9. The van der Waals surface area contributed by atoms with Gasteiger partial charge < -0.3 is 9.68 Å². The van der Waals surface area contributed by atoms with Gasteiger partial charge >= 0.3 is 12.4 Å². The Morgan fingerprint density at radius 2 is 1.07 bits per heavy atom. The molecule has 22 heteroatoms. The summed E-state index contributed by atoms with van der Waals surface area (Å²) < 4.78 is 126. The Morgan fingerprint density at radius 1 is 0.638 bits per heavy atom. The van der Waals surface area contributed by atoms with E-state index in [2.05, 4.69) is 20.4 Å². The standard InChI is InChI=1S/C19H9Cl2F4N5O.C17H7Cl2F5N2O/c20-13-4-12(5-14(21)17(13)22)18(19(23,24)25)6-15(29-31-18)10-1-2-16(11(3-10)7-26)30-9-27-8-28-30;18-11-4-10(5-12(19)15(11)21)16(17(22,23)24)6-14(26-27-16)8-1-2-13(20)9(3-8)7-25/h1-5,8-9H,6H2;1-5H,6H2. The average molecular weight is 891 g/mol. The molecule has 0 amide bonds. The van der Waals surface area contributed by atoms with E-state index in [4.69, 9.17) is 61.3 Å². The third kappa shape index (κ3) is 7.60. The van der Waals surface area contributed by atoms with Gasteiger partial charge in [-0.1, -0.05) is 68.8 Å². The van der Waals surface area contributed by atoms with Crippen LogP contribution in [0.15, 0.2) is 83.6 Å². The Labute approximate surface area is 340 Å². The van der Waals surface area contributed by atoms with Gasteiger partial charge in [-0.25, -0.2) is 22.8 Å². The van der Waals surface area contributed by atoms with Gasteiger partial charge in [-0.05, 0) is 48.5 Å². The van der Waals surface area contributed by atoms with E-state index < -0.39 is 85.1 Å². The molecule has 9 nitrogen and oxygen atoms in total. The van der Waals surface area contributed by atoms with Crippen LogP contribution in [0.25, 0.3) is 5.69 Å². The third-order valence-electron chi connectivity index (χ3n) is 8.81. The van der Waals surface area contributed by atoms with E-state index in [-0.39, 0.29) is 33.7 Å². The fraction of sp³-hybridized carbons (Fsp3) is 0.167. The summed E-state index contributed by atoms with van der Waals surface area (Å²) >= 11 is 22.6. The first-order chi connectivity index (χ1) is 27.2. The zero-order valence-electron chi connectivity index (χ0n) is 28.2. The van der Waals surface area contributed by atoms with Crippen molar-refractivity contribution >= 4 is 57.8 Å². The van der Waals surface area contributed by atoms with Crippen molar-refractivity contribution in [1.82, 2.24) is 14.8 Å². The summed E-state index contributed by atoms with van der Waals surface area (Å²) in [5.74, 6) is -2.92. The summed E-state index contributed by atoms with van der Waals surface area (Å²) in [6, 6.07) is 14.2. The first-order valence-corrected chi connectivity index (χ1v) is 17.3. The Bertz CT molecular complexity index is 2540. The first kappa shape index (κ1) is 42.1. The molecular weight excluding hydrogens is 875 g/mol. The lowest BCUT2D eigenvalue weighted by Gasteiger charge is -2.29. The van der Waals surface area contributed by atoms with Gasteiger partial charge in [-0.3, -0.25) is 0 Å².